The highest BCUT2D eigenvalue weighted by molar-refractivity contribution is 7.19. The van der Waals surface area contributed by atoms with E-state index in [2.05, 4.69) is 32.7 Å². The number of urea groups is 1. The molecule has 26 heavy (non-hydrogen) atoms. The molecule has 2 aromatic rings. The number of carbonyl (C=O) groups is 2. The third-order valence-electron chi connectivity index (χ3n) is 4.26. The highest BCUT2D eigenvalue weighted by Gasteiger charge is 2.22. The molecular weight excluding hydrogens is 354 g/mol. The zero-order valence-electron chi connectivity index (χ0n) is 14.7. The van der Waals surface area contributed by atoms with E-state index in [0.29, 0.717) is 16.9 Å². The summed E-state index contributed by atoms with van der Waals surface area (Å²) in [6.07, 6.45) is 3.49. The number of amides is 2. The summed E-state index contributed by atoms with van der Waals surface area (Å²) in [5.74, 6) is -0.516. The minimum atomic E-state index is -0.516. The number of ether oxygens (including phenoxy) is 1. The second-order valence-electron chi connectivity index (χ2n) is 6.04. The van der Waals surface area contributed by atoms with Crippen molar-refractivity contribution in [3.63, 3.8) is 0 Å². The maximum Gasteiger partial charge on any atom is 0.339 e. The van der Waals surface area contributed by atoms with Crippen molar-refractivity contribution in [1.82, 2.24) is 10.2 Å². The average molecular weight is 375 g/mol. The van der Waals surface area contributed by atoms with E-state index in [0.717, 1.165) is 24.5 Å². The summed E-state index contributed by atoms with van der Waals surface area (Å²) in [6.45, 7) is 3.12. The third-order valence-corrected chi connectivity index (χ3v) is 5.14. The van der Waals surface area contributed by atoms with Crippen LogP contribution in [0, 0.1) is 0 Å². The van der Waals surface area contributed by atoms with Gasteiger partial charge in [0.25, 0.3) is 0 Å². The zero-order chi connectivity index (χ0) is 18.5. The maximum absolute atomic E-state index is 12.2. The summed E-state index contributed by atoms with van der Waals surface area (Å²) in [5, 5.41) is 14.8. The minimum absolute atomic E-state index is 0.283. The number of piperidine rings is 1. The molecule has 0 unspecified atom stereocenters. The van der Waals surface area contributed by atoms with E-state index in [-0.39, 0.29) is 5.56 Å². The van der Waals surface area contributed by atoms with E-state index in [4.69, 9.17) is 4.74 Å². The predicted octanol–water partition coefficient (Wildman–Crippen LogP) is 3.35. The molecule has 1 aromatic heterocycles. The van der Waals surface area contributed by atoms with Gasteiger partial charge in [-0.05, 0) is 38.3 Å². The summed E-state index contributed by atoms with van der Waals surface area (Å²) in [5.41, 5.74) is 0.650. The van der Waals surface area contributed by atoms with Crippen molar-refractivity contribution < 1.29 is 14.3 Å². The van der Waals surface area contributed by atoms with Crippen LogP contribution in [0.2, 0.25) is 0 Å². The van der Waals surface area contributed by atoms with Crippen LogP contribution in [0.1, 0.15) is 36.5 Å². The van der Waals surface area contributed by atoms with Gasteiger partial charge in [0.1, 0.15) is 0 Å². The Balaban J connectivity index is 1.65. The van der Waals surface area contributed by atoms with E-state index >= 15 is 0 Å². The molecule has 138 valence electrons. The largest absolute Gasteiger partial charge is 0.465 e. The molecule has 1 aliphatic heterocycles. The number of esters is 1. The zero-order valence-corrected chi connectivity index (χ0v) is 15.5. The molecule has 1 fully saturated rings. The van der Waals surface area contributed by atoms with Gasteiger partial charge in [0.05, 0.1) is 18.4 Å². The molecule has 2 heterocycles. The van der Waals surface area contributed by atoms with Crippen molar-refractivity contribution in [2.75, 3.05) is 29.2 Å². The van der Waals surface area contributed by atoms with E-state index in [1.54, 1.807) is 24.3 Å². The summed E-state index contributed by atoms with van der Waals surface area (Å²) in [4.78, 5) is 26.2. The number of anilines is 3. The Morgan fingerprint density at radius 2 is 2.04 bits per heavy atom. The summed E-state index contributed by atoms with van der Waals surface area (Å²) < 4.78 is 4.72. The van der Waals surface area contributed by atoms with Crippen LogP contribution in [0.4, 0.5) is 20.7 Å². The van der Waals surface area contributed by atoms with Gasteiger partial charge in [-0.25, -0.2) is 9.59 Å². The Bertz CT molecular complexity index is 794. The van der Waals surface area contributed by atoms with Gasteiger partial charge in [-0.3, -0.25) is 5.32 Å². The first kappa shape index (κ1) is 18.1. The van der Waals surface area contributed by atoms with Gasteiger partial charge >= 0.3 is 12.0 Å². The van der Waals surface area contributed by atoms with Gasteiger partial charge in [-0.15, -0.1) is 10.2 Å². The molecule has 2 N–H and O–H groups in total. The van der Waals surface area contributed by atoms with Crippen LogP contribution in [0.15, 0.2) is 24.3 Å². The lowest BCUT2D eigenvalue weighted by Crippen LogP contribution is -2.37. The fourth-order valence-corrected chi connectivity index (χ4v) is 3.76. The van der Waals surface area contributed by atoms with Crippen LogP contribution in [0.3, 0.4) is 0 Å². The second-order valence-corrected chi connectivity index (χ2v) is 7.00. The number of carbonyl (C=O) groups excluding carboxylic acids is 2. The first-order valence-electron chi connectivity index (χ1n) is 8.44. The second kappa shape index (κ2) is 8.13. The van der Waals surface area contributed by atoms with Gasteiger partial charge < -0.3 is 15.0 Å². The number of hydrogen-bond donors (Lipinski definition) is 2. The first-order chi connectivity index (χ1) is 12.6. The average Bonchev–Trinajstić information content (AvgIpc) is 3.10. The van der Waals surface area contributed by atoms with Crippen molar-refractivity contribution in [3.8, 4) is 0 Å². The molecular formula is C17H21N5O3S. The van der Waals surface area contributed by atoms with Crippen LogP contribution < -0.4 is 15.5 Å². The lowest BCUT2D eigenvalue weighted by atomic mass is 10.1. The third kappa shape index (κ3) is 4.10. The topological polar surface area (TPSA) is 96.4 Å². The van der Waals surface area contributed by atoms with Crippen LogP contribution in [-0.2, 0) is 4.74 Å². The van der Waals surface area contributed by atoms with Crippen molar-refractivity contribution in [2.24, 2.45) is 0 Å². The summed E-state index contributed by atoms with van der Waals surface area (Å²) in [7, 11) is 1.30. The lowest BCUT2D eigenvalue weighted by Gasteiger charge is -2.32. The van der Waals surface area contributed by atoms with Gasteiger partial charge in [0.2, 0.25) is 10.3 Å². The van der Waals surface area contributed by atoms with Crippen LogP contribution in [0.5, 0.6) is 0 Å². The number of benzene rings is 1. The molecule has 0 spiro atoms. The molecule has 1 aliphatic rings. The smallest absolute Gasteiger partial charge is 0.339 e. The number of hydrogen-bond acceptors (Lipinski definition) is 7. The van der Waals surface area contributed by atoms with Crippen molar-refractivity contribution in [3.05, 3.63) is 29.8 Å². The van der Waals surface area contributed by atoms with Crippen molar-refractivity contribution >= 4 is 39.3 Å². The van der Waals surface area contributed by atoms with Gasteiger partial charge in [-0.2, -0.15) is 0 Å². The molecule has 8 nitrogen and oxygen atoms in total. The molecule has 0 radical (unpaired) electrons. The van der Waals surface area contributed by atoms with E-state index in [1.165, 1.54) is 24.9 Å². The molecule has 0 saturated carbocycles. The SMILES string of the molecule is COC(=O)c1ccccc1NC(=O)Nc1nnc(N2CCCC[C@H]2C)s1. The standard InChI is InChI=1S/C17H21N5O3S/c1-11-7-5-6-10-22(11)17-21-20-16(26-17)19-15(24)18-13-9-4-3-8-12(13)14(23)25-2/h3-4,8-9,11H,5-7,10H2,1-2H3,(H2,18,19,20,24)/t11-/m1/s1. The van der Waals surface area contributed by atoms with Gasteiger partial charge in [0, 0.05) is 12.6 Å². The Morgan fingerprint density at radius 1 is 1.23 bits per heavy atom. The molecule has 2 amide bonds. The Labute approximate surface area is 155 Å². The minimum Gasteiger partial charge on any atom is -0.465 e. The number of para-hydroxylation sites is 1. The molecule has 9 heteroatoms. The number of nitrogens with one attached hydrogen (secondary N) is 2. The quantitative estimate of drug-likeness (QED) is 0.796. The molecule has 0 aliphatic carbocycles. The Morgan fingerprint density at radius 3 is 2.81 bits per heavy atom. The number of aromatic nitrogens is 2. The van der Waals surface area contributed by atoms with E-state index < -0.39 is 12.0 Å². The predicted molar refractivity (Wildman–Crippen MR) is 101 cm³/mol. The van der Waals surface area contributed by atoms with Crippen molar-refractivity contribution in [2.45, 2.75) is 32.2 Å². The Kier molecular flexibility index (Phi) is 5.67. The molecule has 1 aromatic carbocycles. The molecule has 1 saturated heterocycles. The van der Waals surface area contributed by atoms with E-state index in [1.807, 2.05) is 0 Å². The normalized spacial score (nSPS) is 16.8. The fourth-order valence-electron chi connectivity index (χ4n) is 2.90. The summed E-state index contributed by atoms with van der Waals surface area (Å²) in [6, 6.07) is 6.57. The van der Waals surface area contributed by atoms with Crippen LogP contribution in [-0.4, -0.2) is 41.9 Å². The van der Waals surface area contributed by atoms with Crippen molar-refractivity contribution in [1.29, 1.82) is 0 Å². The number of methoxy groups -OCH3 is 1. The monoisotopic (exact) mass is 375 g/mol. The first-order valence-corrected chi connectivity index (χ1v) is 9.25. The summed E-state index contributed by atoms with van der Waals surface area (Å²) >= 11 is 1.34. The number of rotatable bonds is 4. The number of nitrogens with zero attached hydrogens (tertiary/aromatic N) is 3. The van der Waals surface area contributed by atoms with Crippen LogP contribution >= 0.6 is 11.3 Å². The lowest BCUT2D eigenvalue weighted by molar-refractivity contribution is 0.0602. The molecule has 0 bridgehead atoms. The van der Waals surface area contributed by atoms with Crippen LogP contribution in [0.25, 0.3) is 0 Å². The maximum atomic E-state index is 12.2. The highest BCUT2D eigenvalue weighted by atomic mass is 32.1. The molecule has 3 rings (SSSR count). The van der Waals surface area contributed by atoms with Gasteiger partial charge in [-0.1, -0.05) is 23.5 Å². The molecule has 1 atom stereocenters. The van der Waals surface area contributed by atoms with E-state index in [9.17, 15) is 9.59 Å². The van der Waals surface area contributed by atoms with Gasteiger partial charge in [0.15, 0.2) is 0 Å². The Hall–Kier alpha value is -2.68. The fraction of sp³-hybridized carbons (Fsp3) is 0.412. The highest BCUT2D eigenvalue weighted by Crippen LogP contribution is 2.29.